The van der Waals surface area contributed by atoms with Crippen LogP contribution in [0.15, 0.2) is 54.6 Å². The summed E-state index contributed by atoms with van der Waals surface area (Å²) < 4.78 is 5.22. The van der Waals surface area contributed by atoms with Crippen LogP contribution in [0.25, 0.3) is 10.9 Å². The molecule has 0 spiro atoms. The molecule has 0 bridgehead atoms. The zero-order valence-corrected chi connectivity index (χ0v) is 16.2. The smallest absolute Gasteiger partial charge is 0.274 e. The van der Waals surface area contributed by atoms with E-state index in [1.807, 2.05) is 36.4 Å². The van der Waals surface area contributed by atoms with Gasteiger partial charge in [-0.05, 0) is 55.6 Å². The van der Waals surface area contributed by atoms with Crippen molar-refractivity contribution in [2.45, 2.75) is 0 Å². The molecule has 28 heavy (non-hydrogen) atoms. The number of nitrogens with one attached hydrogen (secondary N) is 1. The highest BCUT2D eigenvalue weighted by Gasteiger charge is 2.14. The van der Waals surface area contributed by atoms with E-state index in [2.05, 4.69) is 39.3 Å². The number of pyridine rings is 1. The number of anilines is 2. The Kier molecular flexibility index (Phi) is 5.12. The van der Waals surface area contributed by atoms with Crippen LogP contribution in [-0.4, -0.2) is 56.1 Å². The van der Waals surface area contributed by atoms with Crippen molar-refractivity contribution in [1.29, 1.82) is 0 Å². The fraction of sp³-hybridized carbons (Fsp3) is 0.273. The number of rotatable bonds is 4. The minimum absolute atomic E-state index is 0.218. The SMILES string of the molecule is COc1ccc2nc(C(=O)Nc3ccc(N4CCN(C)CC4)cc3)ccc2c1. The van der Waals surface area contributed by atoms with E-state index in [0.29, 0.717) is 5.69 Å². The lowest BCUT2D eigenvalue weighted by Gasteiger charge is -2.34. The standard InChI is InChI=1S/C22H24N4O2/c1-25-11-13-26(14-12-25)18-6-4-17(5-7-18)23-22(27)21-9-3-16-15-19(28-2)8-10-20(16)24-21/h3-10,15H,11-14H2,1-2H3,(H,23,27). The molecule has 2 heterocycles. The van der Waals surface area contributed by atoms with E-state index in [9.17, 15) is 4.79 Å². The van der Waals surface area contributed by atoms with Crippen LogP contribution in [-0.2, 0) is 0 Å². The van der Waals surface area contributed by atoms with Gasteiger partial charge in [0.2, 0.25) is 0 Å². The molecule has 0 atom stereocenters. The van der Waals surface area contributed by atoms with E-state index >= 15 is 0 Å². The monoisotopic (exact) mass is 376 g/mol. The van der Waals surface area contributed by atoms with Gasteiger partial charge in [-0.2, -0.15) is 0 Å². The zero-order chi connectivity index (χ0) is 19.5. The van der Waals surface area contributed by atoms with Gasteiger partial charge in [-0.25, -0.2) is 4.98 Å². The molecule has 0 radical (unpaired) electrons. The average Bonchev–Trinajstić information content (AvgIpc) is 2.74. The molecule has 6 nitrogen and oxygen atoms in total. The van der Waals surface area contributed by atoms with Gasteiger partial charge in [-0.15, -0.1) is 0 Å². The van der Waals surface area contributed by atoms with Gasteiger partial charge >= 0.3 is 0 Å². The third kappa shape index (κ3) is 3.92. The predicted octanol–water partition coefficient (Wildman–Crippen LogP) is 3.25. The number of piperazine rings is 1. The summed E-state index contributed by atoms with van der Waals surface area (Å²) >= 11 is 0. The highest BCUT2D eigenvalue weighted by molar-refractivity contribution is 6.04. The Morgan fingerprint density at radius 2 is 1.75 bits per heavy atom. The molecule has 1 fully saturated rings. The van der Waals surface area contributed by atoms with Crippen LogP contribution in [0.4, 0.5) is 11.4 Å². The summed E-state index contributed by atoms with van der Waals surface area (Å²) in [5.41, 5.74) is 3.10. The van der Waals surface area contributed by atoms with Gasteiger partial charge in [0.25, 0.3) is 5.91 Å². The van der Waals surface area contributed by atoms with Crippen molar-refractivity contribution in [3.63, 3.8) is 0 Å². The number of aromatic nitrogens is 1. The van der Waals surface area contributed by atoms with Crippen molar-refractivity contribution >= 4 is 28.2 Å². The quantitative estimate of drug-likeness (QED) is 0.758. The minimum atomic E-state index is -0.218. The predicted molar refractivity (Wildman–Crippen MR) is 112 cm³/mol. The van der Waals surface area contributed by atoms with Crippen LogP contribution >= 0.6 is 0 Å². The summed E-state index contributed by atoms with van der Waals surface area (Å²) in [6.45, 7) is 4.18. The van der Waals surface area contributed by atoms with Crippen LogP contribution in [0.3, 0.4) is 0 Å². The molecule has 0 unspecified atom stereocenters. The van der Waals surface area contributed by atoms with E-state index < -0.39 is 0 Å². The molecular weight excluding hydrogens is 352 g/mol. The van der Waals surface area contributed by atoms with E-state index in [1.165, 1.54) is 5.69 Å². The number of nitrogens with zero attached hydrogens (tertiary/aromatic N) is 3. The maximum absolute atomic E-state index is 12.6. The molecule has 1 amide bonds. The number of methoxy groups -OCH3 is 1. The molecule has 0 aliphatic carbocycles. The molecule has 2 aromatic carbocycles. The number of hydrogen-bond donors (Lipinski definition) is 1. The molecule has 1 aromatic heterocycles. The number of likely N-dealkylation sites (N-methyl/N-ethyl adjacent to an activating group) is 1. The summed E-state index contributed by atoms with van der Waals surface area (Å²) in [4.78, 5) is 21.8. The van der Waals surface area contributed by atoms with Crippen molar-refractivity contribution in [2.24, 2.45) is 0 Å². The molecule has 3 aromatic rings. The second kappa shape index (κ2) is 7.86. The lowest BCUT2D eigenvalue weighted by molar-refractivity contribution is 0.102. The topological polar surface area (TPSA) is 57.7 Å². The van der Waals surface area contributed by atoms with Gasteiger partial charge in [-0.1, -0.05) is 6.07 Å². The van der Waals surface area contributed by atoms with Crippen molar-refractivity contribution < 1.29 is 9.53 Å². The maximum atomic E-state index is 12.6. The van der Waals surface area contributed by atoms with Crippen LogP contribution in [0.5, 0.6) is 5.75 Å². The van der Waals surface area contributed by atoms with Gasteiger partial charge in [0, 0.05) is 42.9 Å². The Morgan fingerprint density at radius 1 is 1.00 bits per heavy atom. The van der Waals surface area contributed by atoms with Gasteiger partial charge in [0.15, 0.2) is 0 Å². The number of carbonyl (C=O) groups excluding carboxylic acids is 1. The Hall–Kier alpha value is -3.12. The molecule has 6 heteroatoms. The first-order valence-corrected chi connectivity index (χ1v) is 9.42. The van der Waals surface area contributed by atoms with Gasteiger partial charge in [-0.3, -0.25) is 4.79 Å². The molecular formula is C22H24N4O2. The average molecular weight is 376 g/mol. The van der Waals surface area contributed by atoms with Gasteiger partial charge in [0.05, 0.1) is 12.6 Å². The normalized spacial score (nSPS) is 14.9. The highest BCUT2D eigenvalue weighted by Crippen LogP contribution is 2.21. The molecule has 144 valence electrons. The van der Waals surface area contributed by atoms with Crippen LogP contribution in [0.1, 0.15) is 10.5 Å². The van der Waals surface area contributed by atoms with Crippen molar-refractivity contribution in [2.75, 3.05) is 50.6 Å². The minimum Gasteiger partial charge on any atom is -0.497 e. The summed E-state index contributed by atoms with van der Waals surface area (Å²) in [7, 11) is 3.78. The van der Waals surface area contributed by atoms with E-state index in [4.69, 9.17) is 4.74 Å². The van der Waals surface area contributed by atoms with Crippen LogP contribution in [0, 0.1) is 0 Å². The number of amides is 1. The zero-order valence-electron chi connectivity index (χ0n) is 16.2. The number of hydrogen-bond acceptors (Lipinski definition) is 5. The molecule has 1 saturated heterocycles. The number of ether oxygens (including phenoxy) is 1. The summed E-state index contributed by atoms with van der Waals surface area (Å²) in [5.74, 6) is 0.553. The summed E-state index contributed by atoms with van der Waals surface area (Å²) in [5, 5.41) is 3.87. The third-order valence-electron chi connectivity index (χ3n) is 5.12. The number of benzene rings is 2. The number of carbonyl (C=O) groups is 1. The van der Waals surface area contributed by atoms with E-state index in [0.717, 1.165) is 48.5 Å². The lowest BCUT2D eigenvalue weighted by Crippen LogP contribution is -2.44. The molecule has 1 N–H and O–H groups in total. The first-order chi connectivity index (χ1) is 13.6. The van der Waals surface area contributed by atoms with Crippen molar-refractivity contribution in [1.82, 2.24) is 9.88 Å². The van der Waals surface area contributed by atoms with Gasteiger partial charge in [0.1, 0.15) is 11.4 Å². The second-order valence-electron chi connectivity index (χ2n) is 7.05. The highest BCUT2D eigenvalue weighted by atomic mass is 16.5. The number of fused-ring (bicyclic) bond motifs is 1. The Labute approximate surface area is 164 Å². The van der Waals surface area contributed by atoms with Crippen LogP contribution < -0.4 is 15.0 Å². The lowest BCUT2D eigenvalue weighted by atomic mass is 10.2. The van der Waals surface area contributed by atoms with Crippen LogP contribution in [0.2, 0.25) is 0 Å². The third-order valence-corrected chi connectivity index (χ3v) is 5.12. The second-order valence-corrected chi connectivity index (χ2v) is 7.05. The fourth-order valence-electron chi connectivity index (χ4n) is 3.37. The Balaban J connectivity index is 1.45. The molecule has 1 aliphatic heterocycles. The first kappa shape index (κ1) is 18.3. The Bertz CT molecular complexity index is 979. The Morgan fingerprint density at radius 3 is 2.46 bits per heavy atom. The molecule has 4 rings (SSSR count). The summed E-state index contributed by atoms with van der Waals surface area (Å²) in [6, 6.07) is 17.2. The molecule has 1 aliphatic rings. The van der Waals surface area contributed by atoms with Crippen molar-refractivity contribution in [3.8, 4) is 5.75 Å². The van der Waals surface area contributed by atoms with Gasteiger partial charge < -0.3 is 19.9 Å². The fourth-order valence-corrected chi connectivity index (χ4v) is 3.37. The summed E-state index contributed by atoms with van der Waals surface area (Å²) in [6.07, 6.45) is 0. The van der Waals surface area contributed by atoms with Crippen molar-refractivity contribution in [3.05, 3.63) is 60.3 Å². The van der Waals surface area contributed by atoms with E-state index in [-0.39, 0.29) is 5.91 Å². The van der Waals surface area contributed by atoms with E-state index in [1.54, 1.807) is 13.2 Å². The largest absolute Gasteiger partial charge is 0.497 e. The molecule has 0 saturated carbocycles. The maximum Gasteiger partial charge on any atom is 0.274 e. The first-order valence-electron chi connectivity index (χ1n) is 9.42.